The van der Waals surface area contributed by atoms with Crippen molar-refractivity contribution < 1.29 is 19.0 Å². The molecule has 5 rings (SSSR count). The van der Waals surface area contributed by atoms with Gasteiger partial charge in [0.05, 0.1) is 16.6 Å². The molecule has 6 nitrogen and oxygen atoms in total. The summed E-state index contributed by atoms with van der Waals surface area (Å²) >= 11 is 1.64. The van der Waals surface area contributed by atoms with Crippen molar-refractivity contribution >= 4 is 23.1 Å². The SMILES string of the molecule is Cc1cc(O)c(C2=C[C@@H](c3ccc4c(c3)OCO4)Sc3ccccc3N2)c(=O)o1. The highest BCUT2D eigenvalue weighted by Crippen LogP contribution is 2.46. The second kappa shape index (κ2) is 6.93. The van der Waals surface area contributed by atoms with Gasteiger partial charge in [-0.15, -0.1) is 11.8 Å². The molecule has 146 valence electrons. The van der Waals surface area contributed by atoms with Gasteiger partial charge in [-0.05, 0) is 42.8 Å². The van der Waals surface area contributed by atoms with Crippen LogP contribution in [0.4, 0.5) is 5.69 Å². The van der Waals surface area contributed by atoms with E-state index in [1.807, 2.05) is 48.5 Å². The predicted octanol–water partition coefficient (Wildman–Crippen LogP) is 4.68. The first-order valence-electron chi connectivity index (χ1n) is 9.06. The van der Waals surface area contributed by atoms with E-state index in [2.05, 4.69) is 5.32 Å². The molecule has 0 saturated carbocycles. The third-order valence-electron chi connectivity index (χ3n) is 4.78. The average molecular weight is 407 g/mol. The van der Waals surface area contributed by atoms with Crippen molar-refractivity contribution in [1.82, 2.24) is 0 Å². The molecule has 0 amide bonds. The first-order chi connectivity index (χ1) is 14.1. The largest absolute Gasteiger partial charge is 0.507 e. The van der Waals surface area contributed by atoms with Crippen LogP contribution in [0.15, 0.2) is 68.7 Å². The average Bonchev–Trinajstić information content (AvgIpc) is 3.07. The van der Waals surface area contributed by atoms with Gasteiger partial charge in [0.1, 0.15) is 17.1 Å². The summed E-state index contributed by atoms with van der Waals surface area (Å²) < 4.78 is 16.2. The van der Waals surface area contributed by atoms with E-state index in [-0.39, 0.29) is 23.4 Å². The van der Waals surface area contributed by atoms with E-state index in [9.17, 15) is 9.90 Å². The van der Waals surface area contributed by atoms with E-state index < -0.39 is 5.63 Å². The number of thioether (sulfide) groups is 1. The molecule has 2 N–H and O–H groups in total. The molecule has 1 atom stereocenters. The first kappa shape index (κ1) is 17.8. The number of anilines is 1. The Balaban J connectivity index is 1.66. The third kappa shape index (κ3) is 3.23. The van der Waals surface area contributed by atoms with Crippen LogP contribution in [0.5, 0.6) is 17.2 Å². The van der Waals surface area contributed by atoms with Crippen molar-refractivity contribution in [2.24, 2.45) is 0 Å². The normalized spacial score (nSPS) is 17.1. The van der Waals surface area contributed by atoms with Crippen LogP contribution in [-0.4, -0.2) is 11.9 Å². The van der Waals surface area contributed by atoms with Gasteiger partial charge in [0.15, 0.2) is 11.5 Å². The molecular weight excluding hydrogens is 390 g/mol. The second-order valence-corrected chi connectivity index (χ2v) is 7.94. The second-order valence-electron chi connectivity index (χ2n) is 6.76. The van der Waals surface area contributed by atoms with Gasteiger partial charge in [-0.3, -0.25) is 0 Å². The molecular formula is C22H17NO5S. The summed E-state index contributed by atoms with van der Waals surface area (Å²) in [4.78, 5) is 13.6. The maximum absolute atomic E-state index is 12.5. The molecule has 7 heteroatoms. The number of hydrogen-bond acceptors (Lipinski definition) is 7. The fourth-order valence-corrected chi connectivity index (χ4v) is 4.59. The Bertz CT molecular complexity index is 1200. The van der Waals surface area contributed by atoms with Crippen molar-refractivity contribution in [3.05, 3.63) is 81.9 Å². The Morgan fingerprint density at radius 3 is 2.79 bits per heavy atom. The summed E-state index contributed by atoms with van der Waals surface area (Å²) in [6, 6.07) is 15.1. The lowest BCUT2D eigenvalue weighted by atomic mass is 10.1. The van der Waals surface area contributed by atoms with Gasteiger partial charge < -0.3 is 24.3 Å². The summed E-state index contributed by atoms with van der Waals surface area (Å²) in [7, 11) is 0. The third-order valence-corrected chi connectivity index (χ3v) is 6.05. The molecule has 0 fully saturated rings. The molecule has 3 aromatic rings. The zero-order valence-corrected chi connectivity index (χ0v) is 16.3. The van der Waals surface area contributed by atoms with Crippen LogP contribution in [0, 0.1) is 6.92 Å². The van der Waals surface area contributed by atoms with Gasteiger partial charge in [-0.25, -0.2) is 4.79 Å². The minimum atomic E-state index is -0.588. The number of benzene rings is 2. The number of hydrogen-bond donors (Lipinski definition) is 2. The highest BCUT2D eigenvalue weighted by Gasteiger charge is 2.25. The zero-order chi connectivity index (χ0) is 20.0. The van der Waals surface area contributed by atoms with E-state index in [1.165, 1.54) is 6.07 Å². The minimum Gasteiger partial charge on any atom is -0.507 e. The van der Waals surface area contributed by atoms with Crippen LogP contribution in [-0.2, 0) is 0 Å². The highest BCUT2D eigenvalue weighted by atomic mass is 32.2. The number of rotatable bonds is 2. The molecule has 0 radical (unpaired) electrons. The van der Waals surface area contributed by atoms with E-state index in [0.29, 0.717) is 23.0 Å². The minimum absolute atomic E-state index is 0.110. The lowest BCUT2D eigenvalue weighted by molar-refractivity contribution is 0.174. The fourth-order valence-electron chi connectivity index (χ4n) is 3.43. The number of ether oxygens (including phenoxy) is 2. The van der Waals surface area contributed by atoms with Crippen molar-refractivity contribution in [3.8, 4) is 17.2 Å². The first-order valence-corrected chi connectivity index (χ1v) is 9.94. The molecule has 2 aliphatic rings. The molecule has 0 bridgehead atoms. The summed E-state index contributed by atoms with van der Waals surface area (Å²) in [5.74, 6) is 1.65. The van der Waals surface area contributed by atoms with Gasteiger partial charge in [0.25, 0.3) is 0 Å². The number of aryl methyl sites for hydroxylation is 1. The van der Waals surface area contributed by atoms with E-state index in [0.717, 1.165) is 16.1 Å². The smallest absolute Gasteiger partial charge is 0.349 e. The fraction of sp³-hybridized carbons (Fsp3) is 0.136. The monoisotopic (exact) mass is 407 g/mol. The maximum Gasteiger partial charge on any atom is 0.349 e. The van der Waals surface area contributed by atoms with Crippen LogP contribution < -0.4 is 20.4 Å². The highest BCUT2D eigenvalue weighted by molar-refractivity contribution is 7.99. The van der Waals surface area contributed by atoms with E-state index in [1.54, 1.807) is 18.7 Å². The Morgan fingerprint density at radius 1 is 1.10 bits per heavy atom. The molecule has 0 saturated heterocycles. The Kier molecular flexibility index (Phi) is 4.24. The van der Waals surface area contributed by atoms with Crippen molar-refractivity contribution in [2.75, 3.05) is 12.1 Å². The Hall–Kier alpha value is -3.32. The Labute approximate surface area is 170 Å². The zero-order valence-electron chi connectivity index (χ0n) is 15.5. The van der Waals surface area contributed by atoms with E-state index in [4.69, 9.17) is 13.9 Å². The molecule has 0 aliphatic carbocycles. The van der Waals surface area contributed by atoms with Crippen molar-refractivity contribution in [2.45, 2.75) is 17.1 Å². The molecule has 3 heterocycles. The predicted molar refractivity (Wildman–Crippen MR) is 111 cm³/mol. The van der Waals surface area contributed by atoms with Gasteiger partial charge in [0.2, 0.25) is 6.79 Å². The maximum atomic E-state index is 12.5. The van der Waals surface area contributed by atoms with Crippen molar-refractivity contribution in [1.29, 1.82) is 0 Å². The molecule has 29 heavy (non-hydrogen) atoms. The van der Waals surface area contributed by atoms with E-state index >= 15 is 0 Å². The van der Waals surface area contributed by atoms with Gasteiger partial charge in [-0.2, -0.15) is 0 Å². The quantitative estimate of drug-likeness (QED) is 0.638. The number of fused-ring (bicyclic) bond motifs is 2. The summed E-state index contributed by atoms with van der Waals surface area (Å²) in [6.07, 6.45) is 1.92. The van der Waals surface area contributed by atoms with Gasteiger partial charge in [-0.1, -0.05) is 18.2 Å². The lowest BCUT2D eigenvalue weighted by Gasteiger charge is -2.13. The number of aromatic hydroxyl groups is 1. The number of nitrogens with one attached hydrogen (secondary N) is 1. The molecule has 0 unspecified atom stereocenters. The summed E-state index contributed by atoms with van der Waals surface area (Å²) in [5, 5.41) is 13.6. The van der Waals surface area contributed by atoms with Crippen LogP contribution in [0.1, 0.15) is 22.1 Å². The summed E-state index contributed by atoms with van der Waals surface area (Å²) in [6.45, 7) is 1.83. The summed E-state index contributed by atoms with van der Waals surface area (Å²) in [5.41, 5.74) is 1.86. The topological polar surface area (TPSA) is 80.9 Å². The number of para-hydroxylation sites is 1. The molecule has 0 spiro atoms. The Morgan fingerprint density at radius 2 is 1.93 bits per heavy atom. The van der Waals surface area contributed by atoms with Crippen LogP contribution in [0.25, 0.3) is 5.70 Å². The van der Waals surface area contributed by atoms with Gasteiger partial charge in [0, 0.05) is 11.0 Å². The molecule has 1 aromatic heterocycles. The molecule has 2 aliphatic heterocycles. The lowest BCUT2D eigenvalue weighted by Crippen LogP contribution is -2.12. The van der Waals surface area contributed by atoms with Crippen LogP contribution in [0.2, 0.25) is 0 Å². The van der Waals surface area contributed by atoms with Crippen LogP contribution in [0.3, 0.4) is 0 Å². The van der Waals surface area contributed by atoms with Crippen molar-refractivity contribution in [3.63, 3.8) is 0 Å². The van der Waals surface area contributed by atoms with Crippen LogP contribution >= 0.6 is 11.8 Å². The molecule has 2 aromatic carbocycles. The van der Waals surface area contributed by atoms with Gasteiger partial charge >= 0.3 is 5.63 Å². The standard InChI is InChI=1S/C22H17NO5S/c1-12-8-16(24)21(22(25)28-12)15-10-20(29-19-5-3-2-4-14(19)23-15)13-6-7-17-18(9-13)27-11-26-17/h2-10,20,23-24H,11H2,1H3/t20-/m0/s1.